The number of halogens is 1. The fourth-order valence-corrected chi connectivity index (χ4v) is 1.77. The largest absolute Gasteiger partial charge is 0.377 e. The van der Waals surface area contributed by atoms with Crippen molar-refractivity contribution in [1.29, 1.82) is 0 Å². The summed E-state index contributed by atoms with van der Waals surface area (Å²) < 4.78 is 5.37. The standard InChI is InChI=1S/C9H15ClO/c1-3-4-11-7-9(6-10)5-8(9)2/h3,8H,1,4-7H2,2H3. The molecule has 0 saturated heterocycles. The highest BCUT2D eigenvalue weighted by Crippen LogP contribution is 2.53. The summed E-state index contributed by atoms with van der Waals surface area (Å²) in [5.41, 5.74) is 0.296. The maximum absolute atomic E-state index is 5.82. The Morgan fingerprint density at radius 3 is 2.82 bits per heavy atom. The molecular weight excluding hydrogens is 160 g/mol. The molecule has 0 amide bonds. The molecule has 0 aromatic heterocycles. The van der Waals surface area contributed by atoms with Crippen LogP contribution >= 0.6 is 11.6 Å². The molecule has 2 heteroatoms. The van der Waals surface area contributed by atoms with Gasteiger partial charge in [0.05, 0.1) is 13.2 Å². The van der Waals surface area contributed by atoms with E-state index in [4.69, 9.17) is 16.3 Å². The highest BCUT2D eigenvalue weighted by molar-refractivity contribution is 6.18. The Bertz CT molecular complexity index is 142. The van der Waals surface area contributed by atoms with Crippen molar-refractivity contribution >= 4 is 11.6 Å². The molecule has 0 N–H and O–H groups in total. The number of hydrogen-bond acceptors (Lipinski definition) is 1. The van der Waals surface area contributed by atoms with Crippen molar-refractivity contribution in [3.05, 3.63) is 12.7 Å². The lowest BCUT2D eigenvalue weighted by molar-refractivity contribution is 0.115. The molecular formula is C9H15ClO. The minimum atomic E-state index is 0.296. The first-order chi connectivity index (χ1) is 5.25. The Balaban J connectivity index is 2.19. The van der Waals surface area contributed by atoms with Crippen molar-refractivity contribution in [2.45, 2.75) is 13.3 Å². The third-order valence-corrected chi connectivity index (χ3v) is 3.02. The summed E-state index contributed by atoms with van der Waals surface area (Å²) in [5, 5.41) is 0. The van der Waals surface area contributed by atoms with Gasteiger partial charge in [-0.05, 0) is 12.3 Å². The van der Waals surface area contributed by atoms with Gasteiger partial charge in [0.25, 0.3) is 0 Å². The lowest BCUT2D eigenvalue weighted by atomic mass is 10.1. The van der Waals surface area contributed by atoms with E-state index in [1.54, 1.807) is 6.08 Å². The molecule has 1 nitrogen and oxygen atoms in total. The number of hydrogen-bond donors (Lipinski definition) is 0. The van der Waals surface area contributed by atoms with E-state index in [0.29, 0.717) is 12.0 Å². The predicted octanol–water partition coefficient (Wildman–Crippen LogP) is 2.45. The van der Waals surface area contributed by atoms with Crippen LogP contribution in [0, 0.1) is 11.3 Å². The predicted molar refractivity (Wildman–Crippen MR) is 48.0 cm³/mol. The van der Waals surface area contributed by atoms with Crippen LogP contribution in [-0.2, 0) is 4.74 Å². The second kappa shape index (κ2) is 3.59. The van der Waals surface area contributed by atoms with Gasteiger partial charge in [-0.3, -0.25) is 0 Å². The van der Waals surface area contributed by atoms with Gasteiger partial charge in [0.2, 0.25) is 0 Å². The molecule has 0 aromatic carbocycles. The second-order valence-electron chi connectivity index (χ2n) is 3.40. The molecule has 64 valence electrons. The van der Waals surface area contributed by atoms with Crippen LogP contribution in [0.1, 0.15) is 13.3 Å². The minimum Gasteiger partial charge on any atom is -0.377 e. The van der Waals surface area contributed by atoms with Crippen molar-refractivity contribution in [1.82, 2.24) is 0 Å². The molecule has 2 unspecified atom stereocenters. The lowest BCUT2D eigenvalue weighted by Crippen LogP contribution is -2.14. The van der Waals surface area contributed by atoms with Gasteiger partial charge in [-0.15, -0.1) is 18.2 Å². The first-order valence-electron chi connectivity index (χ1n) is 4.00. The van der Waals surface area contributed by atoms with Gasteiger partial charge in [0.15, 0.2) is 0 Å². The molecule has 1 aliphatic rings. The lowest BCUT2D eigenvalue weighted by Gasteiger charge is -2.11. The van der Waals surface area contributed by atoms with Gasteiger partial charge >= 0.3 is 0 Å². The van der Waals surface area contributed by atoms with Crippen molar-refractivity contribution in [2.75, 3.05) is 19.1 Å². The molecule has 11 heavy (non-hydrogen) atoms. The van der Waals surface area contributed by atoms with Crippen LogP contribution in [0.4, 0.5) is 0 Å². The van der Waals surface area contributed by atoms with Crippen LogP contribution in [0.15, 0.2) is 12.7 Å². The zero-order valence-corrected chi connectivity index (χ0v) is 7.73. The summed E-state index contributed by atoms with van der Waals surface area (Å²) in [6, 6.07) is 0. The second-order valence-corrected chi connectivity index (χ2v) is 3.67. The van der Waals surface area contributed by atoms with Crippen LogP contribution in [0.5, 0.6) is 0 Å². The number of alkyl halides is 1. The smallest absolute Gasteiger partial charge is 0.0645 e. The minimum absolute atomic E-state index is 0.296. The molecule has 0 heterocycles. The Morgan fingerprint density at radius 1 is 1.82 bits per heavy atom. The van der Waals surface area contributed by atoms with E-state index in [1.807, 2.05) is 0 Å². The fourth-order valence-electron chi connectivity index (χ4n) is 1.32. The molecule has 1 fully saturated rings. The SMILES string of the molecule is C=CCOCC1(CCl)CC1C. The maximum atomic E-state index is 5.82. The summed E-state index contributed by atoms with van der Waals surface area (Å²) in [5.74, 6) is 1.47. The summed E-state index contributed by atoms with van der Waals surface area (Å²) in [4.78, 5) is 0. The quantitative estimate of drug-likeness (QED) is 0.354. The molecule has 1 aliphatic carbocycles. The van der Waals surface area contributed by atoms with Crippen LogP contribution in [0.3, 0.4) is 0 Å². The third-order valence-electron chi connectivity index (χ3n) is 2.49. The van der Waals surface area contributed by atoms with Gasteiger partial charge in [-0.25, -0.2) is 0 Å². The van der Waals surface area contributed by atoms with E-state index < -0.39 is 0 Å². The zero-order valence-electron chi connectivity index (χ0n) is 6.98. The third kappa shape index (κ3) is 1.97. The van der Waals surface area contributed by atoms with E-state index >= 15 is 0 Å². The fraction of sp³-hybridized carbons (Fsp3) is 0.778. The first-order valence-corrected chi connectivity index (χ1v) is 4.53. The average Bonchev–Trinajstić information content (AvgIpc) is 2.64. The van der Waals surface area contributed by atoms with Gasteiger partial charge in [-0.1, -0.05) is 13.0 Å². The van der Waals surface area contributed by atoms with Crippen LogP contribution < -0.4 is 0 Å². The summed E-state index contributed by atoms with van der Waals surface area (Å²) in [6.07, 6.45) is 2.99. The average molecular weight is 175 g/mol. The van der Waals surface area contributed by atoms with Crippen molar-refractivity contribution < 1.29 is 4.74 Å². The number of rotatable bonds is 5. The zero-order chi connectivity index (χ0) is 8.32. The summed E-state index contributed by atoms with van der Waals surface area (Å²) in [6.45, 7) is 7.25. The Kier molecular flexibility index (Phi) is 2.97. The van der Waals surface area contributed by atoms with E-state index in [0.717, 1.165) is 18.4 Å². The van der Waals surface area contributed by atoms with Gasteiger partial charge in [-0.2, -0.15) is 0 Å². The summed E-state index contributed by atoms with van der Waals surface area (Å²) in [7, 11) is 0. The molecule has 1 saturated carbocycles. The Labute approximate surface area is 73.4 Å². The van der Waals surface area contributed by atoms with E-state index in [1.165, 1.54) is 6.42 Å². The molecule has 0 spiro atoms. The molecule has 0 aromatic rings. The van der Waals surface area contributed by atoms with Gasteiger partial charge in [0.1, 0.15) is 0 Å². The van der Waals surface area contributed by atoms with Crippen molar-refractivity contribution in [3.63, 3.8) is 0 Å². The van der Waals surface area contributed by atoms with E-state index in [9.17, 15) is 0 Å². The molecule has 1 rings (SSSR count). The van der Waals surface area contributed by atoms with Crippen molar-refractivity contribution in [2.24, 2.45) is 11.3 Å². The molecule has 0 bridgehead atoms. The monoisotopic (exact) mass is 174 g/mol. The van der Waals surface area contributed by atoms with E-state index in [2.05, 4.69) is 13.5 Å². The van der Waals surface area contributed by atoms with Crippen LogP contribution in [0.2, 0.25) is 0 Å². The van der Waals surface area contributed by atoms with Crippen molar-refractivity contribution in [3.8, 4) is 0 Å². The maximum Gasteiger partial charge on any atom is 0.0645 e. The van der Waals surface area contributed by atoms with E-state index in [-0.39, 0.29) is 0 Å². The topological polar surface area (TPSA) is 9.23 Å². The highest BCUT2D eigenvalue weighted by Gasteiger charge is 2.50. The van der Waals surface area contributed by atoms with Crippen LogP contribution in [0.25, 0.3) is 0 Å². The Morgan fingerprint density at radius 2 is 2.45 bits per heavy atom. The molecule has 2 atom stereocenters. The normalized spacial score (nSPS) is 35.3. The first kappa shape index (κ1) is 9.08. The molecule has 0 aliphatic heterocycles. The van der Waals surface area contributed by atoms with Gasteiger partial charge in [0, 0.05) is 11.3 Å². The highest BCUT2D eigenvalue weighted by atomic mass is 35.5. The molecule has 0 radical (unpaired) electrons. The van der Waals surface area contributed by atoms with Gasteiger partial charge < -0.3 is 4.74 Å². The number of ether oxygens (including phenoxy) is 1. The Hall–Kier alpha value is -0.0100. The summed E-state index contributed by atoms with van der Waals surface area (Å²) >= 11 is 5.82. The van der Waals surface area contributed by atoms with Crippen LogP contribution in [-0.4, -0.2) is 19.1 Å².